The number of hydrogen-bond donors (Lipinski definition) is 0. The van der Waals surface area contributed by atoms with Gasteiger partial charge in [-0.05, 0) is 40.5 Å². The van der Waals surface area contributed by atoms with Crippen molar-refractivity contribution in [3.63, 3.8) is 0 Å². The van der Waals surface area contributed by atoms with Crippen molar-refractivity contribution in [2.75, 3.05) is 13.2 Å². The molecule has 116 valence electrons. The summed E-state index contributed by atoms with van der Waals surface area (Å²) < 4.78 is 19.6. The molecule has 1 unspecified atom stereocenters. The van der Waals surface area contributed by atoms with Crippen LogP contribution in [0.25, 0.3) is 0 Å². The van der Waals surface area contributed by atoms with Crippen LogP contribution in [-0.4, -0.2) is 41.3 Å². The van der Waals surface area contributed by atoms with Crippen LogP contribution in [-0.2, 0) is 20.6 Å². The van der Waals surface area contributed by atoms with Crippen LogP contribution in [0.5, 0.6) is 0 Å². The van der Waals surface area contributed by atoms with Crippen molar-refractivity contribution in [2.24, 2.45) is 5.92 Å². The first kappa shape index (κ1) is 15.1. The summed E-state index contributed by atoms with van der Waals surface area (Å²) in [5.41, 5.74) is 0.374. The predicted molar refractivity (Wildman–Crippen MR) is 81.5 cm³/mol. The number of nitrogens with zero attached hydrogens (tertiary/aromatic N) is 2. The van der Waals surface area contributed by atoms with E-state index in [2.05, 4.69) is 32.8 Å². The zero-order valence-corrected chi connectivity index (χ0v) is 13.5. The maximum Gasteiger partial charge on any atom is 0.498 e. The van der Waals surface area contributed by atoms with Gasteiger partial charge in [-0.15, -0.1) is 0 Å². The van der Waals surface area contributed by atoms with Crippen LogP contribution in [0.15, 0.2) is 12.4 Å². The Hall–Kier alpha value is -0.845. The van der Waals surface area contributed by atoms with Gasteiger partial charge in [0.05, 0.1) is 17.8 Å². The number of aromatic nitrogens is 2. The molecule has 5 nitrogen and oxygen atoms in total. The van der Waals surface area contributed by atoms with Crippen LogP contribution in [0.4, 0.5) is 0 Å². The van der Waals surface area contributed by atoms with Crippen LogP contribution in [0.3, 0.4) is 0 Å². The molecule has 0 radical (unpaired) electrons. The Morgan fingerprint density at radius 1 is 1.29 bits per heavy atom. The van der Waals surface area contributed by atoms with E-state index in [-0.39, 0.29) is 18.3 Å². The van der Waals surface area contributed by atoms with Gasteiger partial charge in [0.15, 0.2) is 0 Å². The monoisotopic (exact) mass is 292 g/mol. The SMILES string of the molecule is CC1(C)OB(c2cnn(CC3CCCOC3)c2)OC1(C)C. The maximum atomic E-state index is 6.05. The van der Waals surface area contributed by atoms with Gasteiger partial charge in [0, 0.05) is 36.9 Å². The molecule has 2 fully saturated rings. The predicted octanol–water partition coefficient (Wildman–Crippen LogP) is 1.61. The van der Waals surface area contributed by atoms with Crippen molar-refractivity contribution in [3.05, 3.63) is 12.4 Å². The molecule has 0 aliphatic carbocycles. The highest BCUT2D eigenvalue weighted by molar-refractivity contribution is 6.61. The summed E-state index contributed by atoms with van der Waals surface area (Å²) in [6.07, 6.45) is 6.25. The highest BCUT2D eigenvalue weighted by Gasteiger charge is 2.52. The Morgan fingerprint density at radius 2 is 2.00 bits per heavy atom. The van der Waals surface area contributed by atoms with E-state index in [0.29, 0.717) is 5.92 Å². The molecule has 2 saturated heterocycles. The summed E-state index contributed by atoms with van der Waals surface area (Å²) >= 11 is 0. The Balaban J connectivity index is 1.65. The van der Waals surface area contributed by atoms with Crippen molar-refractivity contribution in [1.82, 2.24) is 9.78 Å². The van der Waals surface area contributed by atoms with Gasteiger partial charge >= 0.3 is 7.12 Å². The van der Waals surface area contributed by atoms with E-state index >= 15 is 0 Å². The Bertz CT molecular complexity index is 479. The van der Waals surface area contributed by atoms with Crippen molar-refractivity contribution >= 4 is 12.6 Å². The first-order valence-electron chi connectivity index (χ1n) is 7.83. The second kappa shape index (κ2) is 5.41. The molecule has 0 aromatic carbocycles. The van der Waals surface area contributed by atoms with Gasteiger partial charge in [-0.25, -0.2) is 0 Å². The minimum atomic E-state index is -0.327. The average Bonchev–Trinajstić information content (AvgIpc) is 2.94. The normalized spacial score (nSPS) is 28.0. The third kappa shape index (κ3) is 3.03. The fourth-order valence-corrected chi connectivity index (χ4v) is 2.80. The lowest BCUT2D eigenvalue weighted by atomic mass is 9.82. The average molecular weight is 292 g/mol. The Morgan fingerprint density at radius 3 is 2.62 bits per heavy atom. The molecule has 1 atom stereocenters. The quantitative estimate of drug-likeness (QED) is 0.794. The van der Waals surface area contributed by atoms with E-state index < -0.39 is 0 Å². The number of hydrogen-bond acceptors (Lipinski definition) is 4. The summed E-state index contributed by atoms with van der Waals surface area (Å²) in [5.74, 6) is 0.560. The van der Waals surface area contributed by atoms with Gasteiger partial charge in [0.1, 0.15) is 0 Å². The molecule has 6 heteroatoms. The van der Waals surface area contributed by atoms with E-state index in [1.54, 1.807) is 0 Å². The fraction of sp³-hybridized carbons (Fsp3) is 0.800. The van der Waals surface area contributed by atoms with Gasteiger partial charge in [0.25, 0.3) is 0 Å². The Kier molecular flexibility index (Phi) is 3.88. The van der Waals surface area contributed by atoms with Gasteiger partial charge in [0.2, 0.25) is 0 Å². The lowest BCUT2D eigenvalue weighted by molar-refractivity contribution is 0.00578. The summed E-state index contributed by atoms with van der Waals surface area (Å²) in [6, 6.07) is 0. The van der Waals surface area contributed by atoms with Gasteiger partial charge in [-0.3, -0.25) is 4.68 Å². The zero-order valence-electron chi connectivity index (χ0n) is 13.5. The third-order valence-electron chi connectivity index (χ3n) is 4.88. The van der Waals surface area contributed by atoms with Crippen LogP contribution in [0, 0.1) is 5.92 Å². The van der Waals surface area contributed by atoms with Crippen LogP contribution < -0.4 is 5.46 Å². The zero-order chi connectivity index (χ0) is 15.1. The fourth-order valence-electron chi connectivity index (χ4n) is 2.80. The smallest absolute Gasteiger partial charge is 0.399 e. The maximum absolute atomic E-state index is 6.05. The molecular formula is C15H25BN2O3. The highest BCUT2D eigenvalue weighted by atomic mass is 16.7. The summed E-state index contributed by atoms with van der Waals surface area (Å²) in [7, 11) is -0.327. The molecular weight excluding hydrogens is 267 g/mol. The molecule has 1 aromatic heterocycles. The second-order valence-electron chi connectivity index (χ2n) is 7.17. The number of ether oxygens (including phenoxy) is 1. The van der Waals surface area contributed by atoms with E-state index in [1.165, 1.54) is 6.42 Å². The van der Waals surface area contributed by atoms with Crippen molar-refractivity contribution in [3.8, 4) is 0 Å². The molecule has 0 bridgehead atoms. The van der Waals surface area contributed by atoms with Crippen molar-refractivity contribution in [1.29, 1.82) is 0 Å². The second-order valence-corrected chi connectivity index (χ2v) is 7.17. The third-order valence-corrected chi connectivity index (χ3v) is 4.88. The minimum Gasteiger partial charge on any atom is -0.399 e. The largest absolute Gasteiger partial charge is 0.498 e. The summed E-state index contributed by atoms with van der Waals surface area (Å²) in [6.45, 7) is 10.9. The molecule has 2 aliphatic rings. The summed E-state index contributed by atoms with van der Waals surface area (Å²) in [4.78, 5) is 0. The van der Waals surface area contributed by atoms with Crippen molar-refractivity contribution < 1.29 is 14.0 Å². The summed E-state index contributed by atoms with van der Waals surface area (Å²) in [5, 5.41) is 4.45. The topological polar surface area (TPSA) is 45.5 Å². The van der Waals surface area contributed by atoms with Crippen LogP contribution in [0.1, 0.15) is 40.5 Å². The molecule has 2 aliphatic heterocycles. The van der Waals surface area contributed by atoms with E-state index in [0.717, 1.165) is 31.6 Å². The van der Waals surface area contributed by atoms with Gasteiger partial charge < -0.3 is 14.0 Å². The highest BCUT2D eigenvalue weighted by Crippen LogP contribution is 2.36. The standard InChI is InChI=1S/C15H25BN2O3/c1-14(2)15(3,4)21-16(20-14)13-8-17-18(10-13)9-12-6-5-7-19-11-12/h8,10,12H,5-7,9,11H2,1-4H3. The number of rotatable bonds is 3. The van der Waals surface area contributed by atoms with E-state index in [4.69, 9.17) is 14.0 Å². The van der Waals surface area contributed by atoms with Crippen molar-refractivity contribution in [2.45, 2.75) is 58.3 Å². The van der Waals surface area contributed by atoms with E-state index in [9.17, 15) is 0 Å². The first-order chi connectivity index (χ1) is 9.87. The lowest BCUT2D eigenvalue weighted by Crippen LogP contribution is -2.41. The molecule has 1 aromatic rings. The van der Waals surface area contributed by atoms with Gasteiger partial charge in [-0.2, -0.15) is 5.10 Å². The van der Waals surface area contributed by atoms with E-state index in [1.807, 2.05) is 17.1 Å². The van der Waals surface area contributed by atoms with Crippen LogP contribution in [0.2, 0.25) is 0 Å². The first-order valence-corrected chi connectivity index (χ1v) is 7.83. The Labute approximate surface area is 127 Å². The molecule has 0 spiro atoms. The van der Waals surface area contributed by atoms with Gasteiger partial charge in [-0.1, -0.05) is 0 Å². The lowest BCUT2D eigenvalue weighted by Gasteiger charge is -2.32. The molecule has 21 heavy (non-hydrogen) atoms. The molecule has 0 N–H and O–H groups in total. The molecule has 0 saturated carbocycles. The molecule has 3 heterocycles. The van der Waals surface area contributed by atoms with Crippen LogP contribution >= 0.6 is 0 Å². The molecule has 0 amide bonds. The molecule has 3 rings (SSSR count). The minimum absolute atomic E-state index is 0.309.